The molecule has 1 atom stereocenters. The number of carbonyl (C=O) groups is 2. The van der Waals surface area contributed by atoms with Crippen LogP contribution in [-0.4, -0.2) is 35.0 Å². The molecule has 0 aliphatic heterocycles. The number of nitrogens with one attached hydrogen (secondary N) is 1. The number of aryl methyl sites for hydroxylation is 3. The Morgan fingerprint density at radius 3 is 2.41 bits per heavy atom. The van der Waals surface area contributed by atoms with Crippen LogP contribution in [0.3, 0.4) is 0 Å². The molecule has 1 unspecified atom stereocenters. The standard InChI is InChI=1S/C21H23NO6S/c1-10-12(3)27-17-8-18-15(7-14(10)17)11(2)13(21(26)28-18)5-6-19(23)22-16(9-29-4)20(24)25/h7-8,16H,5-6,9H2,1-4H3,(H,22,23)(H,24,25). The van der Waals surface area contributed by atoms with E-state index in [1.165, 1.54) is 11.8 Å². The molecular formula is C21H23NO6S. The van der Waals surface area contributed by atoms with Crippen molar-refractivity contribution in [1.82, 2.24) is 5.32 Å². The molecule has 0 radical (unpaired) electrons. The normalized spacial score (nSPS) is 12.4. The van der Waals surface area contributed by atoms with Gasteiger partial charge in [0.15, 0.2) is 0 Å². The molecule has 0 fully saturated rings. The van der Waals surface area contributed by atoms with Crippen LogP contribution in [0, 0.1) is 20.8 Å². The van der Waals surface area contributed by atoms with E-state index in [0.717, 1.165) is 27.7 Å². The van der Waals surface area contributed by atoms with E-state index in [-0.39, 0.29) is 18.6 Å². The van der Waals surface area contributed by atoms with Crippen molar-refractivity contribution < 1.29 is 23.5 Å². The van der Waals surface area contributed by atoms with E-state index < -0.39 is 23.5 Å². The van der Waals surface area contributed by atoms with E-state index in [2.05, 4.69) is 5.32 Å². The number of carboxylic acid groups (broad SMARTS) is 1. The van der Waals surface area contributed by atoms with Crippen LogP contribution >= 0.6 is 11.8 Å². The Hall–Kier alpha value is -2.74. The molecule has 154 valence electrons. The molecule has 3 aromatic rings. The smallest absolute Gasteiger partial charge is 0.339 e. The van der Waals surface area contributed by atoms with E-state index in [1.54, 1.807) is 12.3 Å². The quantitative estimate of drug-likeness (QED) is 0.567. The van der Waals surface area contributed by atoms with Gasteiger partial charge in [-0.05, 0) is 50.6 Å². The van der Waals surface area contributed by atoms with Crippen molar-refractivity contribution in [3.8, 4) is 0 Å². The lowest BCUT2D eigenvalue weighted by Gasteiger charge is -2.13. The van der Waals surface area contributed by atoms with Gasteiger partial charge in [0.25, 0.3) is 0 Å². The zero-order chi connectivity index (χ0) is 21.3. The summed E-state index contributed by atoms with van der Waals surface area (Å²) < 4.78 is 11.2. The van der Waals surface area contributed by atoms with Gasteiger partial charge in [-0.3, -0.25) is 4.79 Å². The molecule has 0 spiro atoms. The highest BCUT2D eigenvalue weighted by Gasteiger charge is 2.20. The Kier molecular flexibility index (Phi) is 6.02. The molecule has 1 amide bonds. The van der Waals surface area contributed by atoms with Crippen molar-refractivity contribution in [2.45, 2.75) is 39.7 Å². The van der Waals surface area contributed by atoms with Crippen LogP contribution in [0.15, 0.2) is 25.8 Å². The van der Waals surface area contributed by atoms with Gasteiger partial charge in [-0.15, -0.1) is 0 Å². The third-order valence-corrected chi connectivity index (χ3v) is 5.82. The highest BCUT2D eigenvalue weighted by atomic mass is 32.2. The Labute approximate surface area is 171 Å². The monoisotopic (exact) mass is 417 g/mol. The van der Waals surface area contributed by atoms with Crippen molar-refractivity contribution in [2.24, 2.45) is 0 Å². The Morgan fingerprint density at radius 2 is 1.76 bits per heavy atom. The SMILES string of the molecule is CSCC(NC(=O)CCc1c(C)c2cc3c(C)c(C)oc3cc2oc1=O)C(=O)O. The summed E-state index contributed by atoms with van der Waals surface area (Å²) in [5.74, 6) is -0.408. The predicted molar refractivity (Wildman–Crippen MR) is 113 cm³/mol. The van der Waals surface area contributed by atoms with Gasteiger partial charge in [0, 0.05) is 34.6 Å². The van der Waals surface area contributed by atoms with Gasteiger partial charge in [-0.25, -0.2) is 9.59 Å². The molecule has 8 heteroatoms. The number of hydrogen-bond donors (Lipinski definition) is 2. The third kappa shape index (κ3) is 4.17. The molecule has 2 N–H and O–H groups in total. The molecule has 0 bridgehead atoms. The molecule has 2 aromatic heterocycles. The fourth-order valence-electron chi connectivity index (χ4n) is 3.36. The average Bonchev–Trinajstić information content (AvgIpc) is 2.93. The second-order valence-corrected chi connectivity index (χ2v) is 7.95. The lowest BCUT2D eigenvalue weighted by atomic mass is 10.0. The summed E-state index contributed by atoms with van der Waals surface area (Å²) in [6.07, 6.45) is 1.94. The number of thioether (sulfide) groups is 1. The van der Waals surface area contributed by atoms with Gasteiger partial charge in [-0.1, -0.05) is 0 Å². The van der Waals surface area contributed by atoms with Gasteiger partial charge in [0.05, 0.1) is 0 Å². The molecule has 0 aliphatic rings. The minimum Gasteiger partial charge on any atom is -0.480 e. The maximum atomic E-state index is 12.5. The minimum atomic E-state index is -1.08. The molecule has 29 heavy (non-hydrogen) atoms. The summed E-state index contributed by atoms with van der Waals surface area (Å²) in [4.78, 5) is 35.9. The lowest BCUT2D eigenvalue weighted by molar-refractivity contribution is -0.141. The second-order valence-electron chi connectivity index (χ2n) is 7.03. The predicted octanol–water partition coefficient (Wildman–Crippen LogP) is 3.33. The van der Waals surface area contributed by atoms with Crippen LogP contribution in [0.4, 0.5) is 0 Å². The van der Waals surface area contributed by atoms with Crippen LogP contribution in [0.25, 0.3) is 21.9 Å². The van der Waals surface area contributed by atoms with Crippen LogP contribution in [0.5, 0.6) is 0 Å². The first-order valence-electron chi connectivity index (χ1n) is 9.20. The number of fused-ring (bicyclic) bond motifs is 2. The highest BCUT2D eigenvalue weighted by molar-refractivity contribution is 7.98. The second kappa shape index (κ2) is 8.32. The number of carboxylic acids is 1. The van der Waals surface area contributed by atoms with Crippen molar-refractivity contribution >= 4 is 45.6 Å². The summed E-state index contributed by atoms with van der Waals surface area (Å²) >= 11 is 1.34. The summed E-state index contributed by atoms with van der Waals surface area (Å²) in [6.45, 7) is 5.68. The first-order chi connectivity index (χ1) is 13.7. The van der Waals surface area contributed by atoms with Crippen LogP contribution < -0.4 is 10.9 Å². The first kappa shape index (κ1) is 21.0. The van der Waals surface area contributed by atoms with Crippen molar-refractivity contribution in [3.63, 3.8) is 0 Å². The maximum Gasteiger partial charge on any atom is 0.339 e. The van der Waals surface area contributed by atoms with Crippen LogP contribution in [0.1, 0.15) is 28.9 Å². The van der Waals surface area contributed by atoms with E-state index in [1.807, 2.05) is 26.8 Å². The molecule has 0 aliphatic carbocycles. The number of amides is 1. The lowest BCUT2D eigenvalue weighted by Crippen LogP contribution is -2.42. The van der Waals surface area contributed by atoms with Gasteiger partial charge in [0.1, 0.15) is 23.0 Å². The fraction of sp³-hybridized carbons (Fsp3) is 0.381. The van der Waals surface area contributed by atoms with Gasteiger partial charge in [0.2, 0.25) is 5.91 Å². The van der Waals surface area contributed by atoms with E-state index >= 15 is 0 Å². The largest absolute Gasteiger partial charge is 0.480 e. The molecule has 1 aromatic carbocycles. The maximum absolute atomic E-state index is 12.5. The van der Waals surface area contributed by atoms with Crippen LogP contribution in [0.2, 0.25) is 0 Å². The fourth-order valence-corrected chi connectivity index (χ4v) is 3.92. The zero-order valence-electron chi connectivity index (χ0n) is 16.8. The van der Waals surface area contributed by atoms with Gasteiger partial charge in [-0.2, -0.15) is 11.8 Å². The zero-order valence-corrected chi connectivity index (χ0v) is 17.6. The highest BCUT2D eigenvalue weighted by Crippen LogP contribution is 2.31. The summed E-state index contributed by atoms with van der Waals surface area (Å²) in [6, 6.07) is 2.71. The van der Waals surface area contributed by atoms with E-state index in [0.29, 0.717) is 16.7 Å². The van der Waals surface area contributed by atoms with Crippen molar-refractivity contribution in [3.05, 3.63) is 45.0 Å². The summed E-state index contributed by atoms with van der Waals surface area (Å²) in [7, 11) is 0. The number of hydrogen-bond acceptors (Lipinski definition) is 6. The molecule has 3 rings (SSSR count). The van der Waals surface area contributed by atoms with E-state index in [9.17, 15) is 14.4 Å². The van der Waals surface area contributed by atoms with Gasteiger partial charge >= 0.3 is 11.6 Å². The molecule has 2 heterocycles. The minimum absolute atomic E-state index is 0.00135. The summed E-state index contributed by atoms with van der Waals surface area (Å²) in [5, 5.41) is 13.4. The van der Waals surface area contributed by atoms with Crippen molar-refractivity contribution in [2.75, 3.05) is 12.0 Å². The number of rotatable bonds is 7. The van der Waals surface area contributed by atoms with Gasteiger partial charge < -0.3 is 19.3 Å². The summed E-state index contributed by atoms with van der Waals surface area (Å²) in [5.41, 5.74) is 2.80. The van der Waals surface area contributed by atoms with E-state index in [4.69, 9.17) is 13.9 Å². The number of aliphatic carboxylic acids is 1. The van der Waals surface area contributed by atoms with Crippen LogP contribution in [-0.2, 0) is 16.0 Å². The molecule has 0 saturated heterocycles. The molecular weight excluding hydrogens is 394 g/mol. The molecule has 0 saturated carbocycles. The molecule has 7 nitrogen and oxygen atoms in total. The third-order valence-electron chi connectivity index (χ3n) is 5.15. The Morgan fingerprint density at radius 1 is 1.10 bits per heavy atom. The number of furan rings is 1. The number of benzene rings is 1. The van der Waals surface area contributed by atoms with Crippen molar-refractivity contribution in [1.29, 1.82) is 0 Å². The first-order valence-corrected chi connectivity index (χ1v) is 10.6. The Bertz CT molecular complexity index is 1160. The average molecular weight is 417 g/mol. The number of carbonyl (C=O) groups excluding carboxylic acids is 1. The topological polar surface area (TPSA) is 110 Å². The Balaban J connectivity index is 1.88.